The largest absolute Gasteiger partial charge is 0.481 e. The number of carboxylic acids is 1. The van der Waals surface area contributed by atoms with Gasteiger partial charge < -0.3 is 15.3 Å². The topological polar surface area (TPSA) is 69.6 Å². The lowest BCUT2D eigenvalue weighted by atomic mass is 9.78. The average Bonchev–Trinajstić information content (AvgIpc) is 2.49. The van der Waals surface area contributed by atoms with Crippen molar-refractivity contribution in [3.05, 3.63) is 30.1 Å². The lowest BCUT2D eigenvalue weighted by Gasteiger charge is -2.39. The van der Waals surface area contributed by atoms with Crippen molar-refractivity contribution in [2.75, 3.05) is 18.4 Å². The molecule has 1 saturated heterocycles. The van der Waals surface area contributed by atoms with Gasteiger partial charge in [-0.1, -0.05) is 6.92 Å². The standard InChI is InChI=1S/C15H19FN2O3/c1-2-15(13(19)20)8-3-9-18(10-15)14(21)17-12-6-4-11(16)5-7-12/h4-7H,2-3,8-10H2,1H3,(H,17,21)(H,19,20). The smallest absolute Gasteiger partial charge is 0.321 e. The zero-order chi connectivity index (χ0) is 15.5. The van der Waals surface area contributed by atoms with Gasteiger partial charge in [0, 0.05) is 18.8 Å². The monoisotopic (exact) mass is 294 g/mol. The van der Waals surface area contributed by atoms with Gasteiger partial charge in [0.1, 0.15) is 5.82 Å². The number of nitrogens with zero attached hydrogens (tertiary/aromatic N) is 1. The Hall–Kier alpha value is -2.11. The minimum Gasteiger partial charge on any atom is -0.481 e. The summed E-state index contributed by atoms with van der Waals surface area (Å²) in [5, 5.41) is 12.1. The highest BCUT2D eigenvalue weighted by molar-refractivity contribution is 5.90. The van der Waals surface area contributed by atoms with Crippen LogP contribution in [0.2, 0.25) is 0 Å². The first-order valence-electron chi connectivity index (χ1n) is 7.02. The van der Waals surface area contributed by atoms with Gasteiger partial charge in [0.25, 0.3) is 0 Å². The van der Waals surface area contributed by atoms with Crippen LogP contribution >= 0.6 is 0 Å². The molecule has 0 saturated carbocycles. The van der Waals surface area contributed by atoms with Crippen LogP contribution < -0.4 is 5.32 Å². The molecule has 1 atom stereocenters. The van der Waals surface area contributed by atoms with Crippen molar-refractivity contribution in [3.8, 4) is 0 Å². The van der Waals surface area contributed by atoms with Gasteiger partial charge in [0.2, 0.25) is 0 Å². The third-order valence-corrected chi connectivity index (χ3v) is 4.09. The molecule has 2 amide bonds. The fraction of sp³-hybridized carbons (Fsp3) is 0.467. The quantitative estimate of drug-likeness (QED) is 0.900. The molecule has 6 heteroatoms. The Balaban J connectivity index is 2.05. The summed E-state index contributed by atoms with van der Waals surface area (Å²) in [5.74, 6) is -1.23. The van der Waals surface area contributed by atoms with E-state index in [1.807, 2.05) is 6.92 Å². The molecule has 0 aromatic heterocycles. The molecule has 0 radical (unpaired) electrons. The number of aliphatic carboxylic acids is 1. The van der Waals surface area contributed by atoms with E-state index in [1.54, 1.807) is 0 Å². The van der Waals surface area contributed by atoms with Crippen molar-refractivity contribution in [3.63, 3.8) is 0 Å². The van der Waals surface area contributed by atoms with E-state index in [0.717, 1.165) is 0 Å². The summed E-state index contributed by atoms with van der Waals surface area (Å²) >= 11 is 0. The Kier molecular flexibility index (Phi) is 4.45. The van der Waals surface area contributed by atoms with Gasteiger partial charge in [-0.25, -0.2) is 9.18 Å². The van der Waals surface area contributed by atoms with Gasteiger partial charge in [-0.2, -0.15) is 0 Å². The lowest BCUT2D eigenvalue weighted by molar-refractivity contribution is -0.152. The van der Waals surface area contributed by atoms with E-state index in [0.29, 0.717) is 31.5 Å². The molecule has 5 nitrogen and oxygen atoms in total. The van der Waals surface area contributed by atoms with Crippen molar-refractivity contribution in [1.29, 1.82) is 0 Å². The van der Waals surface area contributed by atoms with E-state index in [2.05, 4.69) is 5.32 Å². The number of urea groups is 1. The molecular formula is C15H19FN2O3. The van der Waals surface area contributed by atoms with Gasteiger partial charge in [0.15, 0.2) is 0 Å². The van der Waals surface area contributed by atoms with Gasteiger partial charge in [-0.05, 0) is 43.5 Å². The van der Waals surface area contributed by atoms with Crippen LogP contribution in [-0.4, -0.2) is 35.1 Å². The maximum absolute atomic E-state index is 12.8. The number of likely N-dealkylation sites (tertiary alicyclic amines) is 1. The highest BCUT2D eigenvalue weighted by Gasteiger charge is 2.42. The van der Waals surface area contributed by atoms with Gasteiger partial charge in [-0.15, -0.1) is 0 Å². The highest BCUT2D eigenvalue weighted by atomic mass is 19.1. The van der Waals surface area contributed by atoms with E-state index < -0.39 is 11.4 Å². The SMILES string of the molecule is CCC1(C(=O)O)CCCN(C(=O)Nc2ccc(F)cc2)C1. The average molecular weight is 294 g/mol. The molecule has 21 heavy (non-hydrogen) atoms. The van der Waals surface area contributed by atoms with E-state index in [4.69, 9.17) is 0 Å². The first-order chi connectivity index (χ1) is 9.97. The molecule has 1 aliphatic rings. The molecule has 0 spiro atoms. The number of piperidine rings is 1. The summed E-state index contributed by atoms with van der Waals surface area (Å²) < 4.78 is 12.8. The van der Waals surface area contributed by atoms with Gasteiger partial charge in [-0.3, -0.25) is 4.79 Å². The van der Waals surface area contributed by atoms with Crippen molar-refractivity contribution >= 4 is 17.7 Å². The summed E-state index contributed by atoms with van der Waals surface area (Å²) in [6.07, 6.45) is 1.73. The Morgan fingerprint density at radius 2 is 2.05 bits per heavy atom. The van der Waals surface area contributed by atoms with Crippen molar-refractivity contribution in [1.82, 2.24) is 4.90 Å². The Bertz CT molecular complexity index is 532. The fourth-order valence-corrected chi connectivity index (χ4v) is 2.66. The first kappa shape index (κ1) is 15.3. The molecule has 0 bridgehead atoms. The fourth-order valence-electron chi connectivity index (χ4n) is 2.66. The minimum atomic E-state index is -0.863. The lowest BCUT2D eigenvalue weighted by Crippen LogP contribution is -2.50. The molecule has 1 heterocycles. The third-order valence-electron chi connectivity index (χ3n) is 4.09. The van der Waals surface area contributed by atoms with Crippen LogP contribution in [0.25, 0.3) is 0 Å². The van der Waals surface area contributed by atoms with Crippen molar-refractivity contribution in [2.45, 2.75) is 26.2 Å². The number of benzene rings is 1. The van der Waals surface area contributed by atoms with E-state index in [1.165, 1.54) is 29.2 Å². The molecule has 2 N–H and O–H groups in total. The van der Waals surface area contributed by atoms with Crippen molar-refractivity contribution in [2.24, 2.45) is 5.41 Å². The second-order valence-electron chi connectivity index (χ2n) is 5.40. The van der Waals surface area contributed by atoms with Crippen LogP contribution in [0.5, 0.6) is 0 Å². The number of hydrogen-bond acceptors (Lipinski definition) is 2. The molecule has 1 aromatic rings. The summed E-state index contributed by atoms with van der Waals surface area (Å²) in [6.45, 7) is 2.56. The molecule has 0 aliphatic carbocycles. The van der Waals surface area contributed by atoms with E-state index in [9.17, 15) is 19.1 Å². The number of carboxylic acid groups (broad SMARTS) is 1. The minimum absolute atomic E-state index is 0.200. The number of carbonyl (C=O) groups excluding carboxylic acids is 1. The maximum atomic E-state index is 12.8. The summed E-state index contributed by atoms with van der Waals surface area (Å²) in [6, 6.07) is 5.13. The number of halogens is 1. The number of amides is 2. The zero-order valence-electron chi connectivity index (χ0n) is 11.9. The normalized spacial score (nSPS) is 21.9. The predicted octanol–water partition coefficient (Wildman–Crippen LogP) is 2.93. The Labute approximate surface area is 122 Å². The van der Waals surface area contributed by atoms with Gasteiger partial charge in [0.05, 0.1) is 5.41 Å². The van der Waals surface area contributed by atoms with E-state index in [-0.39, 0.29) is 18.4 Å². The van der Waals surface area contributed by atoms with Crippen LogP contribution in [-0.2, 0) is 4.79 Å². The molecular weight excluding hydrogens is 275 g/mol. The molecule has 1 fully saturated rings. The predicted molar refractivity (Wildman–Crippen MR) is 76.6 cm³/mol. The molecule has 1 aromatic carbocycles. The number of anilines is 1. The van der Waals surface area contributed by atoms with Crippen LogP contribution in [0.4, 0.5) is 14.9 Å². The first-order valence-corrected chi connectivity index (χ1v) is 7.02. The van der Waals surface area contributed by atoms with Crippen LogP contribution in [0.1, 0.15) is 26.2 Å². The number of rotatable bonds is 3. The van der Waals surface area contributed by atoms with Crippen LogP contribution in [0.15, 0.2) is 24.3 Å². The third kappa shape index (κ3) is 3.32. The highest BCUT2D eigenvalue weighted by Crippen LogP contribution is 2.33. The zero-order valence-corrected chi connectivity index (χ0v) is 11.9. The second kappa shape index (κ2) is 6.11. The number of carbonyl (C=O) groups is 2. The molecule has 2 rings (SSSR count). The summed E-state index contributed by atoms with van der Waals surface area (Å²) in [4.78, 5) is 25.2. The summed E-state index contributed by atoms with van der Waals surface area (Å²) in [7, 11) is 0. The summed E-state index contributed by atoms with van der Waals surface area (Å²) in [5.41, 5.74) is -0.373. The van der Waals surface area contributed by atoms with Crippen LogP contribution in [0.3, 0.4) is 0 Å². The maximum Gasteiger partial charge on any atom is 0.321 e. The second-order valence-corrected chi connectivity index (χ2v) is 5.40. The van der Waals surface area contributed by atoms with Gasteiger partial charge >= 0.3 is 12.0 Å². The van der Waals surface area contributed by atoms with Crippen LogP contribution in [0, 0.1) is 11.2 Å². The Morgan fingerprint density at radius 1 is 1.38 bits per heavy atom. The van der Waals surface area contributed by atoms with Crippen molar-refractivity contribution < 1.29 is 19.1 Å². The number of nitrogens with one attached hydrogen (secondary N) is 1. The Morgan fingerprint density at radius 3 is 2.62 bits per heavy atom. The molecule has 1 unspecified atom stereocenters. The molecule has 114 valence electrons. The molecule has 1 aliphatic heterocycles. The number of hydrogen-bond donors (Lipinski definition) is 2. The van der Waals surface area contributed by atoms with E-state index >= 15 is 0 Å².